The van der Waals surface area contributed by atoms with Crippen molar-refractivity contribution in [3.63, 3.8) is 0 Å². The van der Waals surface area contributed by atoms with Gasteiger partial charge < -0.3 is 16.4 Å². The molecule has 2 amide bonds. The van der Waals surface area contributed by atoms with Gasteiger partial charge in [0.1, 0.15) is 0 Å². The van der Waals surface area contributed by atoms with E-state index in [0.717, 1.165) is 12.0 Å². The molecule has 1 aliphatic carbocycles. The lowest BCUT2D eigenvalue weighted by Gasteiger charge is -2.17. The third-order valence-corrected chi connectivity index (χ3v) is 3.19. The van der Waals surface area contributed by atoms with Crippen molar-refractivity contribution in [2.75, 3.05) is 7.05 Å². The van der Waals surface area contributed by atoms with E-state index in [2.05, 4.69) is 0 Å². The molecule has 0 heterocycles. The first kappa shape index (κ1) is 12.6. The standard InChI is InChI=1S/C13H17N3O2/c1-16(13(18)10-6-11(10)14)7-8-2-4-9(5-3-8)12(15)17/h2-5,10-11H,6-7,14H2,1H3,(H2,15,17). The van der Waals surface area contributed by atoms with Gasteiger partial charge in [0, 0.05) is 25.2 Å². The van der Waals surface area contributed by atoms with E-state index in [1.54, 1.807) is 36.2 Å². The molecule has 1 aliphatic rings. The molecule has 0 bridgehead atoms. The van der Waals surface area contributed by atoms with Crippen molar-refractivity contribution in [3.05, 3.63) is 35.4 Å². The predicted octanol–water partition coefficient (Wildman–Crippen LogP) is 0.0911. The summed E-state index contributed by atoms with van der Waals surface area (Å²) in [6.07, 6.45) is 0.782. The fourth-order valence-electron chi connectivity index (χ4n) is 1.91. The molecule has 5 nitrogen and oxygen atoms in total. The van der Waals surface area contributed by atoms with Gasteiger partial charge in [-0.2, -0.15) is 0 Å². The Morgan fingerprint density at radius 3 is 2.33 bits per heavy atom. The van der Waals surface area contributed by atoms with E-state index in [9.17, 15) is 9.59 Å². The Morgan fingerprint density at radius 1 is 1.33 bits per heavy atom. The van der Waals surface area contributed by atoms with Gasteiger partial charge in [0.2, 0.25) is 11.8 Å². The Hall–Kier alpha value is -1.88. The maximum Gasteiger partial charge on any atom is 0.248 e. The second kappa shape index (κ2) is 4.78. The summed E-state index contributed by atoms with van der Waals surface area (Å²) in [6, 6.07) is 6.96. The van der Waals surface area contributed by atoms with Crippen LogP contribution < -0.4 is 11.5 Å². The minimum atomic E-state index is -0.449. The minimum Gasteiger partial charge on any atom is -0.366 e. The van der Waals surface area contributed by atoms with Gasteiger partial charge >= 0.3 is 0 Å². The molecule has 2 unspecified atom stereocenters. The summed E-state index contributed by atoms with van der Waals surface area (Å²) in [4.78, 5) is 24.5. The Morgan fingerprint density at radius 2 is 1.89 bits per heavy atom. The van der Waals surface area contributed by atoms with E-state index in [1.807, 2.05) is 0 Å². The van der Waals surface area contributed by atoms with Crippen molar-refractivity contribution in [1.82, 2.24) is 4.90 Å². The van der Waals surface area contributed by atoms with Crippen LogP contribution in [-0.4, -0.2) is 29.8 Å². The van der Waals surface area contributed by atoms with Gasteiger partial charge in [-0.25, -0.2) is 0 Å². The summed E-state index contributed by atoms with van der Waals surface area (Å²) in [5.41, 5.74) is 12.2. The molecule has 0 radical (unpaired) electrons. The summed E-state index contributed by atoms with van der Waals surface area (Å²) in [7, 11) is 1.76. The Bertz CT molecular complexity index is 470. The van der Waals surface area contributed by atoms with Gasteiger partial charge in [0.25, 0.3) is 0 Å². The van der Waals surface area contributed by atoms with Gasteiger partial charge in [0.05, 0.1) is 5.92 Å². The van der Waals surface area contributed by atoms with Gasteiger partial charge in [-0.3, -0.25) is 9.59 Å². The van der Waals surface area contributed by atoms with Crippen molar-refractivity contribution >= 4 is 11.8 Å². The van der Waals surface area contributed by atoms with Crippen LogP contribution in [-0.2, 0) is 11.3 Å². The van der Waals surface area contributed by atoms with E-state index < -0.39 is 5.91 Å². The molecule has 0 saturated heterocycles. The van der Waals surface area contributed by atoms with E-state index in [4.69, 9.17) is 11.5 Å². The molecule has 2 atom stereocenters. The zero-order valence-corrected chi connectivity index (χ0v) is 10.3. The first-order valence-corrected chi connectivity index (χ1v) is 5.88. The first-order valence-electron chi connectivity index (χ1n) is 5.88. The van der Waals surface area contributed by atoms with Gasteiger partial charge in [0.15, 0.2) is 0 Å². The average molecular weight is 247 g/mol. The number of primary amides is 1. The number of hydrogen-bond donors (Lipinski definition) is 2. The molecule has 0 spiro atoms. The van der Waals surface area contributed by atoms with Crippen molar-refractivity contribution < 1.29 is 9.59 Å². The van der Waals surface area contributed by atoms with Crippen molar-refractivity contribution in [3.8, 4) is 0 Å². The van der Waals surface area contributed by atoms with Gasteiger partial charge in [-0.15, -0.1) is 0 Å². The molecular weight excluding hydrogens is 230 g/mol. The molecule has 2 rings (SSSR count). The molecular formula is C13H17N3O2. The van der Waals surface area contributed by atoms with Gasteiger partial charge in [-0.05, 0) is 24.1 Å². The maximum absolute atomic E-state index is 11.9. The molecule has 4 N–H and O–H groups in total. The third-order valence-electron chi connectivity index (χ3n) is 3.19. The minimum absolute atomic E-state index is 0.0140. The van der Waals surface area contributed by atoms with Crippen LogP contribution in [0.2, 0.25) is 0 Å². The second-order valence-corrected chi connectivity index (χ2v) is 4.76. The van der Waals surface area contributed by atoms with E-state index in [1.165, 1.54) is 0 Å². The Labute approximate surface area is 106 Å². The van der Waals surface area contributed by atoms with Crippen LogP contribution >= 0.6 is 0 Å². The predicted molar refractivity (Wildman–Crippen MR) is 67.5 cm³/mol. The third kappa shape index (κ3) is 2.68. The Balaban J connectivity index is 1.96. The molecule has 0 aromatic heterocycles. The summed E-state index contributed by atoms with van der Waals surface area (Å²) in [5, 5.41) is 0. The molecule has 1 fully saturated rings. The number of carbonyl (C=O) groups excluding carboxylic acids is 2. The zero-order valence-electron chi connectivity index (χ0n) is 10.3. The summed E-state index contributed by atoms with van der Waals surface area (Å²) < 4.78 is 0. The monoisotopic (exact) mass is 247 g/mol. The lowest BCUT2D eigenvalue weighted by atomic mass is 10.1. The molecule has 1 saturated carbocycles. The Kier molecular flexibility index (Phi) is 3.34. The van der Waals surface area contributed by atoms with Crippen LogP contribution in [0.25, 0.3) is 0 Å². The number of nitrogens with zero attached hydrogens (tertiary/aromatic N) is 1. The zero-order chi connectivity index (χ0) is 13.3. The molecule has 5 heteroatoms. The second-order valence-electron chi connectivity index (χ2n) is 4.76. The van der Waals surface area contributed by atoms with Crippen molar-refractivity contribution in [1.29, 1.82) is 0 Å². The van der Waals surface area contributed by atoms with Crippen molar-refractivity contribution in [2.45, 2.75) is 19.0 Å². The van der Waals surface area contributed by atoms with Crippen LogP contribution in [0, 0.1) is 5.92 Å². The lowest BCUT2D eigenvalue weighted by molar-refractivity contribution is -0.131. The van der Waals surface area contributed by atoms with E-state index >= 15 is 0 Å². The van der Waals surface area contributed by atoms with Crippen LogP contribution in [0.5, 0.6) is 0 Å². The highest BCUT2D eigenvalue weighted by Gasteiger charge is 2.41. The number of hydrogen-bond acceptors (Lipinski definition) is 3. The number of amides is 2. The van der Waals surface area contributed by atoms with Crippen LogP contribution in [0.1, 0.15) is 22.3 Å². The fraction of sp³-hybridized carbons (Fsp3) is 0.385. The van der Waals surface area contributed by atoms with Gasteiger partial charge in [-0.1, -0.05) is 12.1 Å². The van der Waals surface area contributed by atoms with E-state index in [0.29, 0.717) is 12.1 Å². The molecule has 96 valence electrons. The van der Waals surface area contributed by atoms with E-state index in [-0.39, 0.29) is 17.9 Å². The quantitative estimate of drug-likeness (QED) is 0.790. The van der Waals surface area contributed by atoms with Crippen molar-refractivity contribution in [2.24, 2.45) is 17.4 Å². The summed E-state index contributed by atoms with van der Waals surface area (Å²) in [6.45, 7) is 0.515. The highest BCUT2D eigenvalue weighted by atomic mass is 16.2. The maximum atomic E-state index is 11.9. The smallest absolute Gasteiger partial charge is 0.248 e. The lowest BCUT2D eigenvalue weighted by Crippen LogP contribution is -2.29. The normalized spacial score (nSPS) is 21.4. The molecule has 1 aromatic rings. The highest BCUT2D eigenvalue weighted by molar-refractivity contribution is 5.92. The molecule has 1 aromatic carbocycles. The average Bonchev–Trinajstić information content (AvgIpc) is 3.06. The van der Waals surface area contributed by atoms with Crippen LogP contribution in [0.15, 0.2) is 24.3 Å². The summed E-state index contributed by atoms with van der Waals surface area (Å²) in [5.74, 6) is -0.378. The largest absolute Gasteiger partial charge is 0.366 e. The molecule has 18 heavy (non-hydrogen) atoms. The first-order chi connectivity index (χ1) is 8.49. The molecule has 0 aliphatic heterocycles. The fourth-order valence-corrected chi connectivity index (χ4v) is 1.91. The number of benzene rings is 1. The SMILES string of the molecule is CN(Cc1ccc(C(N)=O)cc1)C(=O)C1CC1N. The van der Waals surface area contributed by atoms with Crippen LogP contribution in [0.4, 0.5) is 0 Å². The topological polar surface area (TPSA) is 89.4 Å². The number of nitrogens with two attached hydrogens (primary N) is 2. The van der Waals surface area contributed by atoms with Crippen LogP contribution in [0.3, 0.4) is 0 Å². The number of carbonyl (C=O) groups is 2. The highest BCUT2D eigenvalue weighted by Crippen LogP contribution is 2.29. The number of rotatable bonds is 4. The summed E-state index contributed by atoms with van der Waals surface area (Å²) >= 11 is 0.